The van der Waals surface area contributed by atoms with Gasteiger partial charge in [0.2, 0.25) is 0 Å². The van der Waals surface area contributed by atoms with Crippen LogP contribution in [0.1, 0.15) is 5.56 Å². The summed E-state index contributed by atoms with van der Waals surface area (Å²) in [5.41, 5.74) is 0.259. The molecule has 0 unspecified atom stereocenters. The average Bonchev–Trinajstić information content (AvgIpc) is 2.35. The van der Waals surface area contributed by atoms with Crippen molar-refractivity contribution in [3.8, 4) is 0 Å². The minimum Gasteiger partial charge on any atom is -0.453 e. The molecule has 1 rings (SSSR count). The highest BCUT2D eigenvalue weighted by atomic mass is 35.5. The summed E-state index contributed by atoms with van der Waals surface area (Å²) in [5, 5.41) is 3.96. The number of carbonyl (C=O) groups excluding carboxylic acids is 1. The van der Waals surface area contributed by atoms with E-state index in [-0.39, 0.29) is 0 Å². The summed E-state index contributed by atoms with van der Waals surface area (Å²) in [6.07, 6.45) is 4.23. The average molecular weight is 189 g/mol. The molecule has 0 radical (unpaired) electrons. The highest BCUT2D eigenvalue weighted by Crippen LogP contribution is 1.98. The van der Waals surface area contributed by atoms with Crippen molar-refractivity contribution in [2.75, 3.05) is 6.61 Å². The zero-order valence-electron chi connectivity index (χ0n) is 6.66. The van der Waals surface area contributed by atoms with Gasteiger partial charge in [0.05, 0.1) is 12.8 Å². The number of hydrogen-bond acceptors (Lipinski definition) is 3. The van der Waals surface area contributed by atoms with Gasteiger partial charge < -0.3 is 4.74 Å². The summed E-state index contributed by atoms with van der Waals surface area (Å²) in [6.45, 7) is 0.300. The third-order valence-electron chi connectivity index (χ3n) is 1.36. The van der Waals surface area contributed by atoms with E-state index < -0.39 is 5.43 Å². The van der Waals surface area contributed by atoms with Crippen LogP contribution in [0.3, 0.4) is 0 Å². The largest absolute Gasteiger partial charge is 0.453 e. The molecule has 1 aromatic heterocycles. The SMILES string of the molecule is Cn1cc(CCOC(=O)Cl)cn1. The maximum absolute atomic E-state index is 10.2. The van der Waals surface area contributed by atoms with Gasteiger partial charge in [0.1, 0.15) is 0 Å². The number of aryl methyl sites for hydroxylation is 1. The molecule has 4 nitrogen and oxygen atoms in total. The zero-order valence-corrected chi connectivity index (χ0v) is 7.41. The first-order chi connectivity index (χ1) is 5.68. The molecule has 0 fully saturated rings. The van der Waals surface area contributed by atoms with Gasteiger partial charge in [0.15, 0.2) is 0 Å². The Morgan fingerprint density at radius 3 is 3.08 bits per heavy atom. The van der Waals surface area contributed by atoms with Crippen LogP contribution >= 0.6 is 11.6 Å². The highest BCUT2D eigenvalue weighted by Gasteiger charge is 1.98. The van der Waals surface area contributed by atoms with E-state index in [0.717, 1.165) is 5.56 Å². The number of carbonyl (C=O) groups is 1. The number of rotatable bonds is 3. The highest BCUT2D eigenvalue weighted by molar-refractivity contribution is 6.61. The van der Waals surface area contributed by atoms with Crippen LogP contribution in [0.4, 0.5) is 4.79 Å². The Hall–Kier alpha value is -1.03. The standard InChI is InChI=1S/C7H9ClN2O2/c1-10-5-6(4-9-10)2-3-12-7(8)11/h4-5H,2-3H2,1H3. The molecule has 0 aromatic carbocycles. The van der Waals surface area contributed by atoms with Crippen LogP contribution in [0.25, 0.3) is 0 Å². The summed E-state index contributed by atoms with van der Waals surface area (Å²) in [4.78, 5) is 10.2. The van der Waals surface area contributed by atoms with E-state index in [1.54, 1.807) is 10.9 Å². The number of hydrogen-bond donors (Lipinski definition) is 0. The van der Waals surface area contributed by atoms with E-state index in [2.05, 4.69) is 9.84 Å². The van der Waals surface area contributed by atoms with Gasteiger partial charge in [-0.05, 0) is 5.56 Å². The molecule has 0 aliphatic heterocycles. The summed E-state index contributed by atoms with van der Waals surface area (Å²) in [6, 6.07) is 0. The molecule has 66 valence electrons. The van der Waals surface area contributed by atoms with E-state index >= 15 is 0 Å². The molecule has 0 saturated heterocycles. The molecule has 12 heavy (non-hydrogen) atoms. The number of aromatic nitrogens is 2. The van der Waals surface area contributed by atoms with Crippen molar-refractivity contribution < 1.29 is 9.53 Å². The van der Waals surface area contributed by atoms with E-state index in [4.69, 9.17) is 11.6 Å². The van der Waals surface area contributed by atoms with E-state index in [1.807, 2.05) is 13.2 Å². The minimum atomic E-state index is -0.765. The maximum Gasteiger partial charge on any atom is 0.403 e. The fraction of sp³-hybridized carbons (Fsp3) is 0.429. The number of ether oxygens (including phenoxy) is 1. The first-order valence-corrected chi connectivity index (χ1v) is 3.86. The van der Waals surface area contributed by atoms with Crippen LogP contribution < -0.4 is 0 Å². The van der Waals surface area contributed by atoms with Gasteiger partial charge in [-0.2, -0.15) is 5.10 Å². The summed E-state index contributed by atoms with van der Waals surface area (Å²) >= 11 is 4.97. The Balaban J connectivity index is 2.29. The second-order valence-electron chi connectivity index (χ2n) is 2.36. The van der Waals surface area contributed by atoms with Crippen molar-refractivity contribution in [2.24, 2.45) is 7.05 Å². The smallest absolute Gasteiger partial charge is 0.403 e. The fourth-order valence-corrected chi connectivity index (χ4v) is 0.927. The summed E-state index contributed by atoms with van der Waals surface area (Å²) in [7, 11) is 1.83. The van der Waals surface area contributed by atoms with Gasteiger partial charge in [0, 0.05) is 31.3 Å². The van der Waals surface area contributed by atoms with Gasteiger partial charge in [-0.15, -0.1) is 0 Å². The summed E-state index contributed by atoms with van der Waals surface area (Å²) < 4.78 is 6.24. The molecule has 0 amide bonds. The second kappa shape index (κ2) is 4.11. The van der Waals surface area contributed by atoms with Gasteiger partial charge >= 0.3 is 5.43 Å². The molecule has 0 atom stereocenters. The Morgan fingerprint density at radius 2 is 2.58 bits per heavy atom. The molecule has 1 aromatic rings. The lowest BCUT2D eigenvalue weighted by molar-refractivity contribution is 0.175. The van der Waals surface area contributed by atoms with E-state index in [0.29, 0.717) is 13.0 Å². The maximum atomic E-state index is 10.2. The Kier molecular flexibility index (Phi) is 3.10. The lowest BCUT2D eigenvalue weighted by Crippen LogP contribution is -1.99. The molecule has 1 heterocycles. The first kappa shape index (κ1) is 9.06. The Morgan fingerprint density at radius 1 is 1.83 bits per heavy atom. The van der Waals surface area contributed by atoms with E-state index in [1.165, 1.54) is 0 Å². The topological polar surface area (TPSA) is 44.1 Å². The molecular weight excluding hydrogens is 180 g/mol. The molecule has 5 heteroatoms. The van der Waals surface area contributed by atoms with Crippen molar-refractivity contribution in [3.63, 3.8) is 0 Å². The third kappa shape index (κ3) is 2.92. The van der Waals surface area contributed by atoms with E-state index in [9.17, 15) is 4.79 Å². The van der Waals surface area contributed by atoms with Crippen LogP contribution in [0.15, 0.2) is 12.4 Å². The van der Waals surface area contributed by atoms with Crippen LogP contribution in [0.5, 0.6) is 0 Å². The predicted molar refractivity (Wildman–Crippen MR) is 44.1 cm³/mol. The lowest BCUT2D eigenvalue weighted by atomic mass is 10.3. The Bertz CT molecular complexity index is 272. The van der Waals surface area contributed by atoms with Crippen molar-refractivity contribution in [2.45, 2.75) is 6.42 Å². The summed E-state index contributed by atoms with van der Waals surface area (Å²) in [5.74, 6) is 0. The van der Waals surface area contributed by atoms with Gasteiger partial charge in [-0.1, -0.05) is 0 Å². The Labute approximate surface area is 75.1 Å². The van der Waals surface area contributed by atoms with Crippen LogP contribution in [0, 0.1) is 0 Å². The van der Waals surface area contributed by atoms with Crippen molar-refractivity contribution in [3.05, 3.63) is 18.0 Å². The fourth-order valence-electron chi connectivity index (χ4n) is 0.850. The zero-order chi connectivity index (χ0) is 8.97. The lowest BCUT2D eigenvalue weighted by Gasteiger charge is -1.96. The molecule has 0 bridgehead atoms. The van der Waals surface area contributed by atoms with Crippen molar-refractivity contribution in [1.82, 2.24) is 9.78 Å². The normalized spacial score (nSPS) is 9.83. The predicted octanol–water partition coefficient (Wildman–Crippen LogP) is 1.34. The molecule has 0 N–H and O–H groups in total. The second-order valence-corrected chi connectivity index (χ2v) is 2.67. The van der Waals surface area contributed by atoms with Crippen LogP contribution in [-0.4, -0.2) is 21.8 Å². The first-order valence-electron chi connectivity index (χ1n) is 3.48. The molecule has 0 aliphatic rings. The molecule has 0 saturated carbocycles. The molecular formula is C7H9ClN2O2. The molecule has 0 spiro atoms. The van der Waals surface area contributed by atoms with Crippen LogP contribution in [-0.2, 0) is 18.2 Å². The van der Waals surface area contributed by atoms with Crippen LogP contribution in [0.2, 0.25) is 0 Å². The molecule has 0 aliphatic carbocycles. The van der Waals surface area contributed by atoms with Gasteiger partial charge in [-0.3, -0.25) is 4.68 Å². The number of halogens is 1. The monoisotopic (exact) mass is 188 g/mol. The number of nitrogens with zero attached hydrogens (tertiary/aromatic N) is 2. The van der Waals surface area contributed by atoms with Gasteiger partial charge in [0.25, 0.3) is 0 Å². The van der Waals surface area contributed by atoms with Crippen molar-refractivity contribution in [1.29, 1.82) is 0 Å². The third-order valence-corrected chi connectivity index (χ3v) is 1.47. The van der Waals surface area contributed by atoms with Crippen molar-refractivity contribution >= 4 is 17.0 Å². The quantitative estimate of drug-likeness (QED) is 0.673. The minimum absolute atomic E-state index is 0.300. The van der Waals surface area contributed by atoms with Gasteiger partial charge in [-0.25, -0.2) is 4.79 Å².